The molecule has 1 N–H and O–H groups in total. The van der Waals surface area contributed by atoms with Crippen LogP contribution in [0.4, 0.5) is 13.6 Å². The highest BCUT2D eigenvalue weighted by Crippen LogP contribution is 2.26. The number of halogens is 3. The third-order valence-electron chi connectivity index (χ3n) is 8.99. The van der Waals surface area contributed by atoms with Crippen LogP contribution in [0, 0.1) is 30.4 Å². The predicted octanol–water partition coefficient (Wildman–Crippen LogP) is 9.12. The van der Waals surface area contributed by atoms with Crippen LogP contribution in [0.3, 0.4) is 0 Å². The lowest BCUT2D eigenvalue weighted by Crippen LogP contribution is -2.41. The molecule has 0 spiro atoms. The molecule has 2 fully saturated rings. The first-order valence-corrected chi connectivity index (χ1v) is 18.0. The fourth-order valence-electron chi connectivity index (χ4n) is 6.26. The number of nitrogens with one attached hydrogen (secondary N) is 1. The zero-order valence-electron chi connectivity index (χ0n) is 29.8. The fraction of sp³-hybridized carbons (Fsp3) is 0.425. The summed E-state index contributed by atoms with van der Waals surface area (Å²) in [6.45, 7) is 11.0. The van der Waals surface area contributed by atoms with Gasteiger partial charge in [0.1, 0.15) is 22.8 Å². The Morgan fingerprint density at radius 3 is 2.29 bits per heavy atom. The number of likely N-dealkylation sites (tertiary alicyclic amines) is 1. The standard InChI is InChI=1S/C22H25ClFN3O2.C18H22FN3/c1-22(2,3)29-21(28)27-11-9-15(10-12-27)7-8-16-5-4-6-17(13-16)19-18(24)14-25-20(23)26-19;1-13-21-12-17(19)18(22-13)16-4-2-3-15(11-16)6-5-14-7-9-20-10-8-14/h4-8,13-15H,9-12H2,1-3H3;2-4,11-12,14,20H,5-10H2,1H3/b8-7+;. The maximum atomic E-state index is 14.0. The van der Waals surface area contributed by atoms with E-state index in [2.05, 4.69) is 43.5 Å². The number of aromatic nitrogens is 4. The van der Waals surface area contributed by atoms with Crippen molar-refractivity contribution in [1.82, 2.24) is 30.2 Å². The molecule has 8 nitrogen and oxygen atoms in total. The number of nitrogens with zero attached hydrogens (tertiary/aromatic N) is 5. The van der Waals surface area contributed by atoms with Crippen molar-refractivity contribution in [3.8, 4) is 22.5 Å². The second-order valence-electron chi connectivity index (χ2n) is 14.2. The molecule has 2 aromatic carbocycles. The van der Waals surface area contributed by atoms with Crippen LogP contribution < -0.4 is 5.32 Å². The van der Waals surface area contributed by atoms with E-state index in [9.17, 15) is 13.6 Å². The van der Waals surface area contributed by atoms with Crippen molar-refractivity contribution in [2.24, 2.45) is 11.8 Å². The summed E-state index contributed by atoms with van der Waals surface area (Å²) in [4.78, 5) is 29.7. The van der Waals surface area contributed by atoms with Crippen LogP contribution in [0.5, 0.6) is 0 Å². The first-order chi connectivity index (χ1) is 24.4. The smallest absolute Gasteiger partial charge is 0.410 e. The molecule has 0 unspecified atom stereocenters. The molecule has 0 bridgehead atoms. The maximum absolute atomic E-state index is 14.0. The summed E-state index contributed by atoms with van der Waals surface area (Å²) in [6, 6.07) is 15.6. The Morgan fingerprint density at radius 1 is 0.941 bits per heavy atom. The number of carbonyl (C=O) groups excluding carboxylic acids is 1. The quantitative estimate of drug-likeness (QED) is 0.191. The number of hydrogen-bond acceptors (Lipinski definition) is 7. The molecule has 2 aliphatic rings. The largest absolute Gasteiger partial charge is 0.444 e. The molecule has 11 heteroatoms. The molecule has 0 aliphatic carbocycles. The predicted molar refractivity (Wildman–Crippen MR) is 198 cm³/mol. The lowest BCUT2D eigenvalue weighted by atomic mass is 9.91. The molecule has 2 aromatic heterocycles. The van der Waals surface area contributed by atoms with Gasteiger partial charge in [0.2, 0.25) is 5.28 Å². The van der Waals surface area contributed by atoms with Crippen molar-refractivity contribution >= 4 is 23.8 Å². The highest BCUT2D eigenvalue weighted by molar-refractivity contribution is 6.28. The van der Waals surface area contributed by atoms with Gasteiger partial charge >= 0.3 is 6.09 Å². The second-order valence-corrected chi connectivity index (χ2v) is 14.5. The van der Waals surface area contributed by atoms with Crippen LogP contribution in [0.2, 0.25) is 5.28 Å². The molecule has 0 saturated carbocycles. The van der Waals surface area contributed by atoms with E-state index in [0.29, 0.717) is 36.1 Å². The molecule has 6 rings (SSSR count). The number of amides is 1. The summed E-state index contributed by atoms with van der Waals surface area (Å²) in [6.07, 6.45) is 12.8. The van der Waals surface area contributed by atoms with E-state index in [1.54, 1.807) is 17.9 Å². The van der Waals surface area contributed by atoms with Gasteiger partial charge in [-0.2, -0.15) is 0 Å². The number of ether oxygens (including phenoxy) is 1. The Labute approximate surface area is 304 Å². The summed E-state index contributed by atoms with van der Waals surface area (Å²) in [5.41, 5.74) is 3.80. The maximum Gasteiger partial charge on any atom is 0.410 e. The van der Waals surface area contributed by atoms with Gasteiger partial charge in [-0.05, 0) is 126 Å². The first kappa shape index (κ1) is 38.0. The number of rotatable bonds is 7. The minimum Gasteiger partial charge on any atom is -0.444 e. The van der Waals surface area contributed by atoms with Gasteiger partial charge in [-0.3, -0.25) is 0 Å². The molecule has 51 heavy (non-hydrogen) atoms. The topological polar surface area (TPSA) is 93.1 Å². The molecule has 0 atom stereocenters. The minimum atomic E-state index is -0.509. The average Bonchev–Trinajstić information content (AvgIpc) is 3.12. The average molecular weight is 717 g/mol. The molecule has 0 radical (unpaired) electrons. The van der Waals surface area contributed by atoms with Gasteiger partial charge < -0.3 is 15.0 Å². The summed E-state index contributed by atoms with van der Waals surface area (Å²) in [5.74, 6) is 0.910. The van der Waals surface area contributed by atoms with Gasteiger partial charge in [-0.15, -0.1) is 0 Å². The Kier molecular flexibility index (Phi) is 13.2. The Balaban J connectivity index is 0.000000205. The summed E-state index contributed by atoms with van der Waals surface area (Å²) in [7, 11) is 0. The van der Waals surface area contributed by atoms with Crippen molar-refractivity contribution in [1.29, 1.82) is 0 Å². The second kappa shape index (κ2) is 17.8. The van der Waals surface area contributed by atoms with E-state index in [-0.39, 0.29) is 22.9 Å². The van der Waals surface area contributed by atoms with E-state index >= 15 is 0 Å². The van der Waals surface area contributed by atoms with Crippen LogP contribution in [0.15, 0.2) is 67.0 Å². The minimum absolute atomic E-state index is 0.0130. The van der Waals surface area contributed by atoms with Crippen LogP contribution in [0.1, 0.15) is 69.8 Å². The number of benzene rings is 2. The van der Waals surface area contributed by atoms with Crippen molar-refractivity contribution in [3.63, 3.8) is 0 Å². The SMILES string of the molecule is CC(C)(C)OC(=O)N1CCC(/C=C/c2cccc(-c3nc(Cl)ncc3F)c2)CC1.Cc1ncc(F)c(-c2cccc(CCC3CCNCC3)c2)n1. The fourth-order valence-corrected chi connectivity index (χ4v) is 6.39. The van der Waals surface area contributed by atoms with Crippen LogP contribution in [-0.4, -0.2) is 62.7 Å². The highest BCUT2D eigenvalue weighted by Gasteiger charge is 2.26. The number of allylic oxidation sites excluding steroid dienone is 1. The zero-order chi connectivity index (χ0) is 36.4. The van der Waals surface area contributed by atoms with E-state index in [4.69, 9.17) is 16.3 Å². The monoisotopic (exact) mass is 716 g/mol. The lowest BCUT2D eigenvalue weighted by molar-refractivity contribution is 0.0197. The molecule has 1 amide bonds. The number of piperidine rings is 2. The van der Waals surface area contributed by atoms with Gasteiger partial charge in [-0.25, -0.2) is 33.5 Å². The van der Waals surface area contributed by atoms with Crippen molar-refractivity contribution in [2.45, 2.75) is 71.8 Å². The summed E-state index contributed by atoms with van der Waals surface area (Å²) < 4.78 is 33.4. The van der Waals surface area contributed by atoms with Crippen LogP contribution >= 0.6 is 11.6 Å². The number of aryl methyl sites for hydroxylation is 2. The van der Waals surface area contributed by atoms with Gasteiger partial charge in [0.15, 0.2) is 11.6 Å². The lowest BCUT2D eigenvalue weighted by Gasteiger charge is -2.32. The number of hydrogen-bond donors (Lipinski definition) is 1. The third-order valence-corrected chi connectivity index (χ3v) is 9.17. The normalized spacial score (nSPS) is 15.8. The molecule has 2 saturated heterocycles. The molecule has 4 heterocycles. The third kappa shape index (κ3) is 11.6. The van der Waals surface area contributed by atoms with E-state index in [0.717, 1.165) is 55.6 Å². The van der Waals surface area contributed by atoms with Crippen LogP contribution in [-0.2, 0) is 11.2 Å². The first-order valence-electron chi connectivity index (χ1n) is 17.7. The molecule has 4 aromatic rings. The summed E-state index contributed by atoms with van der Waals surface area (Å²) in [5, 5.41) is 3.41. The van der Waals surface area contributed by atoms with Gasteiger partial charge in [0.25, 0.3) is 0 Å². The summed E-state index contributed by atoms with van der Waals surface area (Å²) >= 11 is 5.80. The Bertz CT molecular complexity index is 1800. The van der Waals surface area contributed by atoms with Gasteiger partial charge in [0, 0.05) is 24.2 Å². The Morgan fingerprint density at radius 2 is 1.59 bits per heavy atom. The van der Waals surface area contributed by atoms with Gasteiger partial charge in [0.05, 0.1) is 12.4 Å². The van der Waals surface area contributed by atoms with Crippen molar-refractivity contribution in [2.75, 3.05) is 26.2 Å². The van der Waals surface area contributed by atoms with E-state index in [1.807, 2.05) is 57.2 Å². The van der Waals surface area contributed by atoms with Crippen molar-refractivity contribution in [3.05, 3.63) is 101 Å². The molecular weight excluding hydrogens is 670 g/mol. The zero-order valence-corrected chi connectivity index (χ0v) is 30.6. The Hall–Kier alpha value is -4.28. The molecular formula is C40H47ClF2N6O2. The van der Waals surface area contributed by atoms with Gasteiger partial charge in [-0.1, -0.05) is 48.6 Å². The van der Waals surface area contributed by atoms with E-state index in [1.165, 1.54) is 31.0 Å². The molecule has 270 valence electrons. The van der Waals surface area contributed by atoms with Crippen LogP contribution in [0.25, 0.3) is 28.6 Å². The van der Waals surface area contributed by atoms with E-state index < -0.39 is 11.4 Å². The molecule has 2 aliphatic heterocycles. The number of carbonyl (C=O) groups is 1. The van der Waals surface area contributed by atoms with Crippen molar-refractivity contribution < 1.29 is 18.3 Å². The highest BCUT2D eigenvalue weighted by atomic mass is 35.5.